The Bertz CT molecular complexity index is 445. The highest BCUT2D eigenvalue weighted by Crippen LogP contribution is 2.29. The first-order valence-corrected chi connectivity index (χ1v) is 7.25. The number of hydrogen-bond donors (Lipinski definition) is 0. The molecule has 1 heterocycles. The summed E-state index contributed by atoms with van der Waals surface area (Å²) in [5.41, 5.74) is 1.14. The molecule has 15 heavy (non-hydrogen) atoms. The van der Waals surface area contributed by atoms with Crippen LogP contribution in [0, 0.1) is 0 Å². The molecule has 78 valence electrons. The number of nitrogens with zero attached hydrogens (tertiary/aromatic N) is 1. The molecule has 0 bridgehead atoms. The third-order valence-electron chi connectivity index (χ3n) is 1.78. The molecule has 0 saturated heterocycles. The van der Waals surface area contributed by atoms with Gasteiger partial charge in [-0.2, -0.15) is 0 Å². The van der Waals surface area contributed by atoms with Gasteiger partial charge in [-0.1, -0.05) is 45.4 Å². The summed E-state index contributed by atoms with van der Waals surface area (Å²) in [5.74, 6) is 0.861. The number of aromatic nitrogens is 1. The Morgan fingerprint density at radius 3 is 3.00 bits per heavy atom. The first-order valence-electron chi connectivity index (χ1n) is 4.22. The van der Waals surface area contributed by atoms with E-state index in [0.717, 1.165) is 25.2 Å². The van der Waals surface area contributed by atoms with Crippen LogP contribution in [0.2, 0.25) is 5.02 Å². The first kappa shape index (κ1) is 11.5. The van der Waals surface area contributed by atoms with E-state index in [9.17, 15) is 0 Å². The van der Waals surface area contributed by atoms with Crippen molar-refractivity contribution in [2.24, 2.45) is 0 Å². The highest BCUT2D eigenvalue weighted by atomic mass is 79.9. The second-order valence-electron chi connectivity index (χ2n) is 2.82. The van der Waals surface area contributed by atoms with Crippen molar-refractivity contribution in [1.82, 2.24) is 4.98 Å². The van der Waals surface area contributed by atoms with E-state index in [1.807, 2.05) is 29.8 Å². The van der Waals surface area contributed by atoms with Crippen LogP contribution in [0.1, 0.15) is 5.56 Å². The van der Waals surface area contributed by atoms with Gasteiger partial charge in [-0.25, -0.2) is 4.98 Å². The Morgan fingerprint density at radius 1 is 1.47 bits per heavy atom. The molecule has 0 aliphatic heterocycles. The molecule has 1 aromatic carbocycles. The molecule has 0 saturated carbocycles. The second kappa shape index (κ2) is 5.34. The van der Waals surface area contributed by atoms with Gasteiger partial charge in [0, 0.05) is 26.8 Å². The van der Waals surface area contributed by atoms with E-state index in [-0.39, 0.29) is 0 Å². The van der Waals surface area contributed by atoms with Gasteiger partial charge in [0.1, 0.15) is 4.34 Å². The lowest BCUT2D eigenvalue weighted by molar-refractivity contribution is 1.24. The molecule has 0 unspecified atom stereocenters. The van der Waals surface area contributed by atoms with E-state index in [1.165, 1.54) is 0 Å². The van der Waals surface area contributed by atoms with Crippen LogP contribution in [0.15, 0.2) is 38.6 Å². The Labute approximate surface area is 110 Å². The topological polar surface area (TPSA) is 12.9 Å². The zero-order valence-corrected chi connectivity index (χ0v) is 11.6. The van der Waals surface area contributed by atoms with Crippen LogP contribution in [0.3, 0.4) is 0 Å². The minimum atomic E-state index is 0.799. The molecule has 1 nitrogen and oxygen atoms in total. The summed E-state index contributed by atoms with van der Waals surface area (Å²) < 4.78 is 2.09. The Balaban J connectivity index is 2.05. The summed E-state index contributed by atoms with van der Waals surface area (Å²) in [6.07, 6.45) is 1.82. The Hall–Kier alpha value is -0.0300. The van der Waals surface area contributed by atoms with E-state index in [1.54, 1.807) is 23.1 Å². The van der Waals surface area contributed by atoms with Crippen LogP contribution in [0.25, 0.3) is 0 Å². The number of benzene rings is 1. The number of rotatable bonds is 3. The highest BCUT2D eigenvalue weighted by Gasteiger charge is 2.03. The largest absolute Gasteiger partial charge is 0.238 e. The van der Waals surface area contributed by atoms with Crippen LogP contribution in [0.5, 0.6) is 0 Å². The standard InChI is InChI=1S/C10H7BrClNS2/c11-8-2-1-7(9(12)5-8)6-15-10-13-3-4-14-10/h1-5H,6H2. The van der Waals surface area contributed by atoms with Gasteiger partial charge in [0.15, 0.2) is 0 Å². The maximum absolute atomic E-state index is 6.11. The molecule has 0 atom stereocenters. The first-order chi connectivity index (χ1) is 7.25. The number of hydrogen-bond acceptors (Lipinski definition) is 3. The zero-order valence-electron chi connectivity index (χ0n) is 7.61. The van der Waals surface area contributed by atoms with E-state index in [0.29, 0.717) is 0 Å². The fourth-order valence-electron chi connectivity index (χ4n) is 1.06. The lowest BCUT2D eigenvalue weighted by atomic mass is 10.2. The van der Waals surface area contributed by atoms with Gasteiger partial charge in [-0.15, -0.1) is 11.3 Å². The molecule has 0 aliphatic rings. The Morgan fingerprint density at radius 2 is 2.33 bits per heavy atom. The third kappa shape index (κ3) is 3.21. The second-order valence-corrected chi connectivity index (χ2v) is 6.26. The minimum Gasteiger partial charge on any atom is -0.238 e. The molecule has 0 radical (unpaired) electrons. The van der Waals surface area contributed by atoms with Crippen LogP contribution in [-0.2, 0) is 5.75 Å². The van der Waals surface area contributed by atoms with Crippen molar-refractivity contribution >= 4 is 50.6 Å². The van der Waals surface area contributed by atoms with Crippen LogP contribution in [0.4, 0.5) is 0 Å². The van der Waals surface area contributed by atoms with Crippen molar-refractivity contribution in [2.75, 3.05) is 0 Å². The summed E-state index contributed by atoms with van der Waals surface area (Å²) in [5, 5.41) is 2.78. The maximum Gasteiger partial charge on any atom is 0.150 e. The Kier molecular flexibility index (Phi) is 4.08. The van der Waals surface area contributed by atoms with Crippen LogP contribution >= 0.6 is 50.6 Å². The van der Waals surface area contributed by atoms with Gasteiger partial charge < -0.3 is 0 Å². The van der Waals surface area contributed by atoms with Gasteiger partial charge in [0.05, 0.1) is 0 Å². The van der Waals surface area contributed by atoms with E-state index < -0.39 is 0 Å². The monoisotopic (exact) mass is 319 g/mol. The zero-order chi connectivity index (χ0) is 10.7. The quantitative estimate of drug-likeness (QED) is 0.750. The van der Waals surface area contributed by atoms with Crippen molar-refractivity contribution in [3.05, 3.63) is 44.8 Å². The average molecular weight is 321 g/mol. The lowest BCUT2D eigenvalue weighted by Crippen LogP contribution is -1.82. The maximum atomic E-state index is 6.11. The third-order valence-corrected chi connectivity index (χ3v) is 4.64. The van der Waals surface area contributed by atoms with Crippen LogP contribution < -0.4 is 0 Å². The molecule has 0 fully saturated rings. The molecule has 0 amide bonds. The molecular weight excluding hydrogens is 314 g/mol. The number of thioether (sulfide) groups is 1. The van der Waals surface area contributed by atoms with E-state index in [2.05, 4.69) is 20.9 Å². The molecule has 1 aromatic heterocycles. The molecule has 0 spiro atoms. The number of thiazole rings is 1. The fraction of sp³-hybridized carbons (Fsp3) is 0.100. The normalized spacial score (nSPS) is 10.5. The van der Waals surface area contributed by atoms with E-state index >= 15 is 0 Å². The summed E-state index contributed by atoms with van der Waals surface area (Å²) in [6.45, 7) is 0. The van der Waals surface area contributed by atoms with Gasteiger partial charge in [-0.3, -0.25) is 0 Å². The van der Waals surface area contributed by atoms with Gasteiger partial charge in [-0.05, 0) is 17.7 Å². The van der Waals surface area contributed by atoms with E-state index in [4.69, 9.17) is 11.6 Å². The smallest absolute Gasteiger partial charge is 0.150 e. The van der Waals surface area contributed by atoms with Gasteiger partial charge in [0.25, 0.3) is 0 Å². The molecule has 2 aromatic rings. The summed E-state index contributed by atoms with van der Waals surface area (Å²) in [7, 11) is 0. The summed E-state index contributed by atoms with van der Waals surface area (Å²) >= 11 is 12.9. The lowest BCUT2D eigenvalue weighted by Gasteiger charge is -2.02. The molecular formula is C10H7BrClNS2. The van der Waals surface area contributed by atoms with Crippen molar-refractivity contribution in [1.29, 1.82) is 0 Å². The van der Waals surface area contributed by atoms with Crippen molar-refractivity contribution in [2.45, 2.75) is 10.1 Å². The SMILES string of the molecule is Clc1cc(Br)ccc1CSc1nccs1. The predicted molar refractivity (Wildman–Crippen MR) is 70.8 cm³/mol. The molecule has 0 N–H and O–H groups in total. The van der Waals surface area contributed by atoms with Crippen molar-refractivity contribution in [3.8, 4) is 0 Å². The minimum absolute atomic E-state index is 0.799. The van der Waals surface area contributed by atoms with Gasteiger partial charge in [0.2, 0.25) is 0 Å². The number of halogens is 2. The van der Waals surface area contributed by atoms with Crippen molar-refractivity contribution in [3.63, 3.8) is 0 Å². The molecule has 0 aliphatic carbocycles. The highest BCUT2D eigenvalue weighted by molar-refractivity contribution is 9.10. The summed E-state index contributed by atoms with van der Waals surface area (Å²) in [6, 6.07) is 5.95. The molecule has 5 heteroatoms. The molecule has 2 rings (SSSR count). The predicted octanol–water partition coefficient (Wildman–Crippen LogP) is 4.85. The average Bonchev–Trinajstić information content (AvgIpc) is 2.69. The van der Waals surface area contributed by atoms with Crippen LogP contribution in [-0.4, -0.2) is 4.98 Å². The van der Waals surface area contributed by atoms with Gasteiger partial charge >= 0.3 is 0 Å². The fourth-order valence-corrected chi connectivity index (χ4v) is 3.52. The van der Waals surface area contributed by atoms with Crippen molar-refractivity contribution < 1.29 is 0 Å². The summed E-state index contributed by atoms with van der Waals surface area (Å²) in [4.78, 5) is 4.21.